The van der Waals surface area contributed by atoms with Gasteiger partial charge in [-0.05, 0) is 48.5 Å². The number of hydrogen-bond donors (Lipinski definition) is 0. The molecule has 1 aromatic rings. The first-order valence-electron chi connectivity index (χ1n) is 7.49. The van der Waals surface area contributed by atoms with Crippen LogP contribution in [0.4, 0.5) is 0 Å². The van der Waals surface area contributed by atoms with Crippen molar-refractivity contribution in [1.29, 1.82) is 0 Å². The third kappa shape index (κ3) is 2.49. The summed E-state index contributed by atoms with van der Waals surface area (Å²) in [5.41, 5.74) is 1.97. The predicted molar refractivity (Wildman–Crippen MR) is 82.7 cm³/mol. The number of rotatable bonds is 3. The summed E-state index contributed by atoms with van der Waals surface area (Å²) in [6.07, 6.45) is 3.15. The minimum absolute atomic E-state index is 0.169. The van der Waals surface area contributed by atoms with Gasteiger partial charge in [0, 0.05) is 11.1 Å². The summed E-state index contributed by atoms with van der Waals surface area (Å²) in [5, 5.41) is 0. The molecule has 2 aliphatic heterocycles. The first-order valence-corrected chi connectivity index (χ1v) is 8.28. The van der Waals surface area contributed by atoms with E-state index in [-0.39, 0.29) is 6.61 Å². The lowest BCUT2D eigenvalue weighted by Crippen LogP contribution is -2.25. The van der Waals surface area contributed by atoms with Crippen molar-refractivity contribution in [3.63, 3.8) is 0 Å². The summed E-state index contributed by atoms with van der Waals surface area (Å²) in [7, 11) is 0. The Labute approximate surface area is 137 Å². The molecular weight excluding hydrogens is 352 g/mol. The van der Waals surface area contributed by atoms with E-state index in [4.69, 9.17) is 14.2 Å². The molecule has 0 aromatic heterocycles. The van der Waals surface area contributed by atoms with Gasteiger partial charge in [-0.15, -0.1) is 0 Å². The van der Waals surface area contributed by atoms with Gasteiger partial charge < -0.3 is 14.2 Å². The second kappa shape index (κ2) is 6.28. The third-order valence-electron chi connectivity index (χ3n) is 3.86. The quantitative estimate of drug-likeness (QED) is 0.466. The van der Waals surface area contributed by atoms with Crippen LogP contribution in [0.15, 0.2) is 4.47 Å². The van der Waals surface area contributed by atoms with Crippen molar-refractivity contribution in [2.75, 3.05) is 19.8 Å². The van der Waals surface area contributed by atoms with Crippen molar-refractivity contribution in [3.8, 4) is 11.5 Å². The number of ketones is 1. The number of esters is 1. The Balaban J connectivity index is 2.18. The molecular formula is C16H17BrO5. The van der Waals surface area contributed by atoms with E-state index in [9.17, 15) is 9.59 Å². The molecule has 0 N–H and O–H groups in total. The molecule has 118 valence electrons. The summed E-state index contributed by atoms with van der Waals surface area (Å²) in [5.74, 6) is -0.299. The molecule has 5 nitrogen and oxygen atoms in total. The second-order valence-electron chi connectivity index (χ2n) is 5.26. The van der Waals surface area contributed by atoms with E-state index in [0.29, 0.717) is 36.7 Å². The van der Waals surface area contributed by atoms with Crippen molar-refractivity contribution >= 4 is 27.7 Å². The monoisotopic (exact) mass is 368 g/mol. The van der Waals surface area contributed by atoms with E-state index in [0.717, 1.165) is 34.9 Å². The molecule has 0 radical (unpaired) electrons. The molecule has 0 fully saturated rings. The Morgan fingerprint density at radius 3 is 2.41 bits per heavy atom. The van der Waals surface area contributed by atoms with Gasteiger partial charge in [0.25, 0.3) is 5.78 Å². The standard InChI is InChI=1S/C16H17BrO5/c1-2-20-16(19)13(18)11-9-5-3-8-22-15(9)12(17)10-6-4-7-21-14(10)11/h2-8H2,1H3. The largest absolute Gasteiger partial charge is 0.492 e. The number of fused-ring (bicyclic) bond motifs is 2. The lowest BCUT2D eigenvalue weighted by Gasteiger charge is -2.28. The number of hydrogen-bond acceptors (Lipinski definition) is 5. The van der Waals surface area contributed by atoms with Gasteiger partial charge in [-0.25, -0.2) is 4.79 Å². The highest BCUT2D eigenvalue weighted by Crippen LogP contribution is 2.46. The normalized spacial score (nSPS) is 15.9. The molecule has 6 heteroatoms. The van der Waals surface area contributed by atoms with Crippen LogP contribution in [0, 0.1) is 0 Å². The van der Waals surface area contributed by atoms with Crippen LogP contribution < -0.4 is 9.47 Å². The number of carbonyl (C=O) groups excluding carboxylic acids is 2. The number of benzene rings is 1. The van der Waals surface area contributed by atoms with Crippen LogP contribution in [0.5, 0.6) is 11.5 Å². The van der Waals surface area contributed by atoms with Crippen LogP contribution in [-0.4, -0.2) is 31.6 Å². The summed E-state index contributed by atoms with van der Waals surface area (Å²) >= 11 is 3.57. The van der Waals surface area contributed by atoms with Gasteiger partial charge in [-0.3, -0.25) is 4.79 Å². The Kier molecular flexibility index (Phi) is 4.38. The zero-order chi connectivity index (χ0) is 15.7. The van der Waals surface area contributed by atoms with Gasteiger partial charge in [0.15, 0.2) is 0 Å². The molecule has 0 bridgehead atoms. The number of carbonyl (C=O) groups is 2. The lowest BCUT2D eigenvalue weighted by molar-refractivity contribution is -0.137. The fourth-order valence-corrected chi connectivity index (χ4v) is 3.66. The maximum atomic E-state index is 12.6. The van der Waals surface area contributed by atoms with Crippen LogP contribution in [0.2, 0.25) is 0 Å². The molecule has 0 amide bonds. The molecule has 0 aliphatic carbocycles. The van der Waals surface area contributed by atoms with Crippen LogP contribution >= 0.6 is 15.9 Å². The Morgan fingerprint density at radius 1 is 1.09 bits per heavy atom. The molecule has 2 aliphatic rings. The molecule has 22 heavy (non-hydrogen) atoms. The summed E-state index contributed by atoms with van der Waals surface area (Å²) < 4.78 is 17.2. The van der Waals surface area contributed by atoms with E-state index in [1.165, 1.54) is 0 Å². The summed E-state index contributed by atoms with van der Waals surface area (Å²) in [6.45, 7) is 3.00. The van der Waals surface area contributed by atoms with Crippen molar-refractivity contribution in [3.05, 3.63) is 21.2 Å². The van der Waals surface area contributed by atoms with Gasteiger partial charge >= 0.3 is 5.97 Å². The Bertz CT molecular complexity index is 601. The molecule has 0 atom stereocenters. The smallest absolute Gasteiger partial charge is 0.379 e. The topological polar surface area (TPSA) is 61.8 Å². The fraction of sp³-hybridized carbons (Fsp3) is 0.500. The van der Waals surface area contributed by atoms with E-state index in [2.05, 4.69) is 15.9 Å². The number of ether oxygens (including phenoxy) is 3. The molecule has 3 rings (SSSR count). The van der Waals surface area contributed by atoms with Crippen LogP contribution in [0.3, 0.4) is 0 Å². The molecule has 2 heterocycles. The van der Waals surface area contributed by atoms with E-state index >= 15 is 0 Å². The molecule has 1 aromatic carbocycles. The van der Waals surface area contributed by atoms with Crippen molar-refractivity contribution in [2.24, 2.45) is 0 Å². The highest BCUT2D eigenvalue weighted by atomic mass is 79.9. The first kappa shape index (κ1) is 15.3. The first-order chi connectivity index (χ1) is 10.6. The van der Waals surface area contributed by atoms with Crippen molar-refractivity contribution < 1.29 is 23.8 Å². The molecule has 0 saturated heterocycles. The summed E-state index contributed by atoms with van der Waals surface area (Å²) in [4.78, 5) is 24.5. The van der Waals surface area contributed by atoms with Crippen LogP contribution in [-0.2, 0) is 22.4 Å². The van der Waals surface area contributed by atoms with E-state index in [1.54, 1.807) is 6.92 Å². The Hall–Kier alpha value is -1.56. The average molecular weight is 369 g/mol. The summed E-state index contributed by atoms with van der Waals surface area (Å²) in [6, 6.07) is 0. The van der Waals surface area contributed by atoms with Gasteiger partial charge in [-0.2, -0.15) is 0 Å². The van der Waals surface area contributed by atoms with Gasteiger partial charge in [0.2, 0.25) is 0 Å². The van der Waals surface area contributed by atoms with Gasteiger partial charge in [0.05, 0.1) is 29.9 Å². The molecule has 0 saturated carbocycles. The van der Waals surface area contributed by atoms with E-state index < -0.39 is 11.8 Å². The number of halogens is 1. The maximum Gasteiger partial charge on any atom is 0.379 e. The van der Waals surface area contributed by atoms with Gasteiger partial charge in [0.1, 0.15) is 11.5 Å². The third-order valence-corrected chi connectivity index (χ3v) is 4.70. The number of Topliss-reactive ketones (excluding diaryl/α,β-unsaturated/α-hetero) is 1. The zero-order valence-corrected chi connectivity index (χ0v) is 14.0. The minimum Gasteiger partial charge on any atom is -0.492 e. The van der Waals surface area contributed by atoms with Crippen LogP contribution in [0.25, 0.3) is 0 Å². The van der Waals surface area contributed by atoms with Gasteiger partial charge in [-0.1, -0.05) is 0 Å². The Morgan fingerprint density at radius 2 is 1.73 bits per heavy atom. The maximum absolute atomic E-state index is 12.6. The molecule has 0 unspecified atom stereocenters. The highest BCUT2D eigenvalue weighted by Gasteiger charge is 2.34. The predicted octanol–water partition coefficient (Wildman–Crippen LogP) is 2.84. The lowest BCUT2D eigenvalue weighted by atomic mass is 9.91. The zero-order valence-electron chi connectivity index (χ0n) is 12.4. The van der Waals surface area contributed by atoms with Crippen LogP contribution in [0.1, 0.15) is 41.3 Å². The van der Waals surface area contributed by atoms with Crippen molar-refractivity contribution in [1.82, 2.24) is 0 Å². The van der Waals surface area contributed by atoms with E-state index in [1.807, 2.05) is 0 Å². The average Bonchev–Trinajstić information content (AvgIpc) is 2.55. The minimum atomic E-state index is -0.839. The molecule has 0 spiro atoms. The SMILES string of the molecule is CCOC(=O)C(=O)c1c2c(c(Br)c3c1OCCC3)OCCC2. The fourth-order valence-electron chi connectivity index (χ4n) is 2.93. The van der Waals surface area contributed by atoms with Crippen molar-refractivity contribution in [2.45, 2.75) is 32.6 Å². The second-order valence-corrected chi connectivity index (χ2v) is 6.05. The highest BCUT2D eigenvalue weighted by molar-refractivity contribution is 9.10.